The summed E-state index contributed by atoms with van der Waals surface area (Å²) >= 11 is 0. The molecule has 6 nitrogen and oxygen atoms in total. The summed E-state index contributed by atoms with van der Waals surface area (Å²) in [5.41, 5.74) is 2.06. The van der Waals surface area contributed by atoms with Crippen molar-refractivity contribution in [2.45, 2.75) is 78.3 Å². The minimum absolute atomic E-state index is 0.0580. The first kappa shape index (κ1) is 27.0. The Hall–Kier alpha value is -2.58. The van der Waals surface area contributed by atoms with E-state index in [-0.39, 0.29) is 23.6 Å². The number of nitrogens with zero attached hydrogens (tertiary/aromatic N) is 3. The van der Waals surface area contributed by atoms with Crippen LogP contribution in [0.1, 0.15) is 59.4 Å². The van der Waals surface area contributed by atoms with E-state index in [0.29, 0.717) is 42.0 Å². The standard InChI is InChI=1S/C27H38FN3O3Si/c1-26(2,3)34-25(32)31-14-12-19(13-15-31)24-29-16-21(17-30-24)22-11-9-10-20(23(22)28)18-33-35(7,8)27(4,5)6/h9-12,16-17H,13-15,18H2,1-8H3. The molecule has 2 heterocycles. The first-order valence-electron chi connectivity index (χ1n) is 12.1. The van der Waals surface area contributed by atoms with Crippen LogP contribution in [0.15, 0.2) is 36.7 Å². The molecule has 8 heteroatoms. The average Bonchev–Trinajstić information content (AvgIpc) is 2.77. The van der Waals surface area contributed by atoms with Crippen LogP contribution < -0.4 is 0 Å². The molecule has 0 aliphatic carbocycles. The number of aromatic nitrogens is 2. The number of hydrogen-bond donors (Lipinski definition) is 0. The maximum Gasteiger partial charge on any atom is 0.410 e. The summed E-state index contributed by atoms with van der Waals surface area (Å²) < 4.78 is 27.0. The van der Waals surface area contributed by atoms with Crippen molar-refractivity contribution < 1.29 is 18.3 Å². The Morgan fingerprint density at radius 1 is 1.11 bits per heavy atom. The number of carbonyl (C=O) groups is 1. The van der Waals surface area contributed by atoms with E-state index in [1.54, 1.807) is 29.4 Å². The first-order chi connectivity index (χ1) is 16.2. The molecule has 1 aliphatic heterocycles. The molecule has 0 unspecified atom stereocenters. The molecule has 0 spiro atoms. The highest BCUT2D eigenvalue weighted by Crippen LogP contribution is 2.37. The third-order valence-electron chi connectivity index (χ3n) is 6.58. The number of benzene rings is 1. The Bertz CT molecular complexity index is 1090. The minimum atomic E-state index is -1.99. The van der Waals surface area contributed by atoms with Crippen LogP contribution in [0, 0.1) is 5.82 Å². The molecule has 0 saturated carbocycles. The zero-order valence-corrected chi connectivity index (χ0v) is 23.2. The van der Waals surface area contributed by atoms with Crippen molar-refractivity contribution in [2.75, 3.05) is 13.1 Å². The topological polar surface area (TPSA) is 64.5 Å². The average molecular weight is 500 g/mol. The molecule has 3 rings (SSSR count). The number of halogens is 1. The van der Waals surface area contributed by atoms with Gasteiger partial charge in [-0.15, -0.1) is 0 Å². The van der Waals surface area contributed by atoms with E-state index in [1.165, 1.54) is 0 Å². The van der Waals surface area contributed by atoms with Gasteiger partial charge < -0.3 is 14.1 Å². The van der Waals surface area contributed by atoms with Crippen LogP contribution in [-0.2, 0) is 15.8 Å². The highest BCUT2D eigenvalue weighted by molar-refractivity contribution is 6.74. The maximum atomic E-state index is 15.3. The Morgan fingerprint density at radius 3 is 2.31 bits per heavy atom. The summed E-state index contributed by atoms with van der Waals surface area (Å²) in [6, 6.07) is 5.35. The van der Waals surface area contributed by atoms with Gasteiger partial charge in [-0.25, -0.2) is 19.2 Å². The summed E-state index contributed by atoms with van der Waals surface area (Å²) in [5, 5.41) is 0.0580. The van der Waals surface area contributed by atoms with Crippen molar-refractivity contribution in [2.24, 2.45) is 0 Å². The summed E-state index contributed by atoms with van der Waals surface area (Å²) in [6.07, 6.45) is 5.56. The van der Waals surface area contributed by atoms with Gasteiger partial charge in [0.15, 0.2) is 14.1 Å². The quantitative estimate of drug-likeness (QED) is 0.422. The first-order valence-corrected chi connectivity index (χ1v) is 15.0. The Labute approximate surface area is 209 Å². The predicted octanol–water partition coefficient (Wildman–Crippen LogP) is 6.83. The lowest BCUT2D eigenvalue weighted by molar-refractivity contribution is 0.0270. The Kier molecular flexibility index (Phi) is 7.86. The molecule has 0 N–H and O–H groups in total. The Morgan fingerprint density at radius 2 is 1.77 bits per heavy atom. The molecule has 1 aromatic heterocycles. The van der Waals surface area contributed by atoms with Gasteiger partial charge in [0.05, 0.1) is 6.61 Å². The normalized spacial score (nSPS) is 15.1. The van der Waals surface area contributed by atoms with Crippen LogP contribution >= 0.6 is 0 Å². The van der Waals surface area contributed by atoms with E-state index in [4.69, 9.17) is 9.16 Å². The lowest BCUT2D eigenvalue weighted by atomic mass is 10.0. The summed E-state index contributed by atoms with van der Waals surface area (Å²) in [6.45, 7) is 17.6. The second kappa shape index (κ2) is 10.2. The Balaban J connectivity index is 1.71. The minimum Gasteiger partial charge on any atom is -0.444 e. The number of amides is 1. The van der Waals surface area contributed by atoms with E-state index >= 15 is 4.39 Å². The van der Waals surface area contributed by atoms with Gasteiger partial charge in [0.25, 0.3) is 0 Å². The van der Waals surface area contributed by atoms with Gasteiger partial charge >= 0.3 is 6.09 Å². The molecule has 2 aromatic rings. The van der Waals surface area contributed by atoms with Crippen LogP contribution in [0.5, 0.6) is 0 Å². The third-order valence-corrected chi connectivity index (χ3v) is 11.1. The van der Waals surface area contributed by atoms with E-state index in [1.807, 2.05) is 32.9 Å². The smallest absolute Gasteiger partial charge is 0.410 e. The van der Waals surface area contributed by atoms with Gasteiger partial charge in [-0.1, -0.05) is 45.0 Å². The summed E-state index contributed by atoms with van der Waals surface area (Å²) in [7, 11) is -1.99. The molecule has 0 bridgehead atoms. The van der Waals surface area contributed by atoms with Crippen molar-refractivity contribution in [3.63, 3.8) is 0 Å². The van der Waals surface area contributed by atoms with Gasteiger partial charge in [0.1, 0.15) is 11.4 Å². The zero-order valence-electron chi connectivity index (χ0n) is 22.2. The molecule has 1 aromatic carbocycles. The highest BCUT2D eigenvalue weighted by atomic mass is 28.4. The van der Waals surface area contributed by atoms with E-state index < -0.39 is 13.9 Å². The van der Waals surface area contributed by atoms with Crippen molar-refractivity contribution in [3.05, 3.63) is 53.9 Å². The molecule has 0 radical (unpaired) electrons. The SMILES string of the molecule is CC(C)(C)OC(=O)N1CC=C(c2ncc(-c3cccc(CO[Si](C)(C)C(C)(C)C)c3F)cn2)CC1. The molecule has 35 heavy (non-hydrogen) atoms. The number of carbonyl (C=O) groups excluding carboxylic acids is 1. The molecule has 0 atom stereocenters. The number of rotatable bonds is 5. The third kappa shape index (κ3) is 6.76. The van der Waals surface area contributed by atoms with Gasteiger partial charge in [0.2, 0.25) is 0 Å². The van der Waals surface area contributed by atoms with E-state index in [9.17, 15) is 4.79 Å². The second-order valence-electron chi connectivity index (χ2n) is 11.5. The van der Waals surface area contributed by atoms with Crippen molar-refractivity contribution >= 4 is 20.0 Å². The lowest BCUT2D eigenvalue weighted by Crippen LogP contribution is -2.40. The molecule has 0 saturated heterocycles. The van der Waals surface area contributed by atoms with Crippen molar-refractivity contribution in [1.82, 2.24) is 14.9 Å². The van der Waals surface area contributed by atoms with Crippen LogP contribution in [0.3, 0.4) is 0 Å². The largest absolute Gasteiger partial charge is 0.444 e. The van der Waals surface area contributed by atoms with Crippen LogP contribution in [0.25, 0.3) is 16.7 Å². The molecular formula is C27H38FN3O3Si. The summed E-state index contributed by atoms with van der Waals surface area (Å²) in [5.74, 6) is 0.294. The van der Waals surface area contributed by atoms with Gasteiger partial charge in [-0.3, -0.25) is 0 Å². The maximum absolute atomic E-state index is 15.3. The zero-order chi connectivity index (χ0) is 26.0. The fourth-order valence-corrected chi connectivity index (χ4v) is 4.34. The van der Waals surface area contributed by atoms with Crippen LogP contribution in [0.2, 0.25) is 18.1 Å². The van der Waals surface area contributed by atoms with E-state index in [0.717, 1.165) is 5.57 Å². The van der Waals surface area contributed by atoms with Crippen molar-refractivity contribution in [3.8, 4) is 11.1 Å². The predicted molar refractivity (Wildman–Crippen MR) is 140 cm³/mol. The summed E-state index contributed by atoms with van der Waals surface area (Å²) in [4.78, 5) is 22.9. The van der Waals surface area contributed by atoms with Crippen LogP contribution in [0.4, 0.5) is 9.18 Å². The van der Waals surface area contributed by atoms with Crippen LogP contribution in [-0.4, -0.2) is 48.0 Å². The molecule has 190 valence electrons. The lowest BCUT2D eigenvalue weighted by Gasteiger charge is -2.36. The van der Waals surface area contributed by atoms with Gasteiger partial charge in [0, 0.05) is 42.2 Å². The molecule has 0 fully saturated rings. The van der Waals surface area contributed by atoms with Crippen molar-refractivity contribution in [1.29, 1.82) is 0 Å². The fraction of sp³-hybridized carbons (Fsp3) is 0.519. The highest BCUT2D eigenvalue weighted by Gasteiger charge is 2.37. The molecule has 1 amide bonds. The van der Waals surface area contributed by atoms with E-state index in [2.05, 4.69) is 43.8 Å². The van der Waals surface area contributed by atoms with Gasteiger partial charge in [-0.05, 0) is 50.9 Å². The number of ether oxygens (including phenoxy) is 1. The number of hydrogen-bond acceptors (Lipinski definition) is 5. The monoisotopic (exact) mass is 499 g/mol. The molecule has 1 aliphatic rings. The van der Waals surface area contributed by atoms with Gasteiger partial charge in [-0.2, -0.15) is 0 Å². The fourth-order valence-electron chi connectivity index (χ4n) is 3.39. The molecular weight excluding hydrogens is 461 g/mol. The second-order valence-corrected chi connectivity index (χ2v) is 16.3.